The molecule has 1 aliphatic heterocycles. The van der Waals surface area contributed by atoms with Crippen molar-refractivity contribution in [3.63, 3.8) is 0 Å². The number of hydrogen-bond acceptors (Lipinski definition) is 5. The molecule has 162 valence electrons. The molecule has 3 aromatic rings. The SMILES string of the molecule is COc1cccc(NC(=O)N2CCCn3nc(-c4ccc(OC)c(OC)c4)cc3C2)c1. The summed E-state index contributed by atoms with van der Waals surface area (Å²) in [6.07, 6.45) is 0.825. The van der Waals surface area contributed by atoms with E-state index >= 15 is 0 Å². The second kappa shape index (κ2) is 8.99. The average Bonchev–Trinajstić information content (AvgIpc) is 3.09. The third-order valence-corrected chi connectivity index (χ3v) is 5.30. The van der Waals surface area contributed by atoms with Crippen molar-refractivity contribution in [1.82, 2.24) is 14.7 Å². The summed E-state index contributed by atoms with van der Waals surface area (Å²) < 4.78 is 17.9. The maximum atomic E-state index is 12.9. The van der Waals surface area contributed by atoms with Gasteiger partial charge in [0, 0.05) is 30.4 Å². The van der Waals surface area contributed by atoms with Crippen molar-refractivity contribution in [2.24, 2.45) is 0 Å². The second-order valence-corrected chi connectivity index (χ2v) is 7.25. The molecule has 0 spiro atoms. The van der Waals surface area contributed by atoms with E-state index in [1.807, 2.05) is 47.1 Å². The molecular formula is C23H26N4O4. The number of carbonyl (C=O) groups excluding carboxylic acids is 1. The molecule has 4 rings (SSSR count). The van der Waals surface area contributed by atoms with Crippen molar-refractivity contribution in [1.29, 1.82) is 0 Å². The maximum Gasteiger partial charge on any atom is 0.322 e. The monoisotopic (exact) mass is 422 g/mol. The van der Waals surface area contributed by atoms with Crippen LogP contribution >= 0.6 is 0 Å². The van der Waals surface area contributed by atoms with E-state index in [0.717, 1.165) is 29.9 Å². The Bertz CT molecular complexity index is 1080. The highest BCUT2D eigenvalue weighted by Gasteiger charge is 2.21. The van der Waals surface area contributed by atoms with E-state index in [9.17, 15) is 4.79 Å². The first kappa shape index (κ1) is 20.6. The normalized spacial score (nSPS) is 13.2. The van der Waals surface area contributed by atoms with E-state index < -0.39 is 0 Å². The Labute approximate surface area is 181 Å². The fourth-order valence-corrected chi connectivity index (χ4v) is 3.68. The van der Waals surface area contributed by atoms with Gasteiger partial charge in [-0.3, -0.25) is 4.68 Å². The quantitative estimate of drug-likeness (QED) is 0.672. The van der Waals surface area contributed by atoms with Gasteiger partial charge < -0.3 is 24.4 Å². The smallest absolute Gasteiger partial charge is 0.322 e. The highest BCUT2D eigenvalue weighted by Crippen LogP contribution is 2.32. The Kier molecular flexibility index (Phi) is 5.97. The van der Waals surface area contributed by atoms with Crippen LogP contribution < -0.4 is 19.5 Å². The molecular weight excluding hydrogens is 396 g/mol. The van der Waals surface area contributed by atoms with Crippen molar-refractivity contribution >= 4 is 11.7 Å². The van der Waals surface area contributed by atoms with E-state index in [1.165, 1.54) is 0 Å². The number of urea groups is 1. The van der Waals surface area contributed by atoms with Crippen molar-refractivity contribution in [2.45, 2.75) is 19.5 Å². The van der Waals surface area contributed by atoms with Crippen LogP contribution in [-0.2, 0) is 13.1 Å². The fraction of sp³-hybridized carbons (Fsp3) is 0.304. The predicted molar refractivity (Wildman–Crippen MR) is 118 cm³/mol. The van der Waals surface area contributed by atoms with Gasteiger partial charge in [-0.1, -0.05) is 6.07 Å². The first-order chi connectivity index (χ1) is 15.1. The van der Waals surface area contributed by atoms with Crippen LogP contribution in [0.15, 0.2) is 48.5 Å². The van der Waals surface area contributed by atoms with Crippen LogP contribution in [0.3, 0.4) is 0 Å². The fourth-order valence-electron chi connectivity index (χ4n) is 3.68. The summed E-state index contributed by atoms with van der Waals surface area (Å²) in [6, 6.07) is 15.0. The molecule has 1 aliphatic rings. The number of amides is 2. The number of fused-ring (bicyclic) bond motifs is 1. The molecule has 8 heteroatoms. The number of aromatic nitrogens is 2. The van der Waals surface area contributed by atoms with Gasteiger partial charge >= 0.3 is 6.03 Å². The van der Waals surface area contributed by atoms with Gasteiger partial charge in [-0.15, -0.1) is 0 Å². The number of benzene rings is 2. The molecule has 2 amide bonds. The number of nitrogens with zero attached hydrogens (tertiary/aromatic N) is 3. The predicted octanol–water partition coefficient (Wildman–Crippen LogP) is 4.01. The number of hydrogen-bond donors (Lipinski definition) is 1. The summed E-state index contributed by atoms with van der Waals surface area (Å²) in [7, 11) is 4.83. The Morgan fingerprint density at radius 3 is 2.58 bits per heavy atom. The zero-order valence-electron chi connectivity index (χ0n) is 17.9. The first-order valence-corrected chi connectivity index (χ1v) is 10.1. The molecule has 0 saturated carbocycles. The third-order valence-electron chi connectivity index (χ3n) is 5.30. The minimum Gasteiger partial charge on any atom is -0.497 e. The lowest BCUT2D eigenvalue weighted by molar-refractivity contribution is 0.210. The number of rotatable bonds is 5. The Morgan fingerprint density at radius 1 is 0.968 bits per heavy atom. The molecule has 8 nitrogen and oxygen atoms in total. The number of anilines is 1. The number of methoxy groups -OCH3 is 3. The minimum atomic E-state index is -0.143. The molecule has 0 unspecified atom stereocenters. The van der Waals surface area contributed by atoms with Crippen LogP contribution in [0.2, 0.25) is 0 Å². The number of nitrogens with one attached hydrogen (secondary N) is 1. The largest absolute Gasteiger partial charge is 0.497 e. The van der Waals surface area contributed by atoms with Crippen molar-refractivity contribution in [2.75, 3.05) is 33.2 Å². The van der Waals surface area contributed by atoms with E-state index in [1.54, 1.807) is 32.3 Å². The molecule has 0 fully saturated rings. The molecule has 0 atom stereocenters. The number of aryl methyl sites for hydroxylation is 1. The molecule has 0 bridgehead atoms. The van der Waals surface area contributed by atoms with Gasteiger partial charge in [0.05, 0.1) is 39.3 Å². The second-order valence-electron chi connectivity index (χ2n) is 7.25. The van der Waals surface area contributed by atoms with Gasteiger partial charge in [0.25, 0.3) is 0 Å². The van der Waals surface area contributed by atoms with Gasteiger partial charge in [-0.05, 0) is 42.8 Å². The van der Waals surface area contributed by atoms with Gasteiger partial charge in [0.1, 0.15) is 5.75 Å². The van der Waals surface area contributed by atoms with Crippen LogP contribution in [-0.4, -0.2) is 48.6 Å². The molecule has 0 aliphatic carbocycles. The lowest BCUT2D eigenvalue weighted by Gasteiger charge is -2.20. The van der Waals surface area contributed by atoms with Crippen LogP contribution in [0.25, 0.3) is 11.3 Å². The average molecular weight is 422 g/mol. The molecule has 31 heavy (non-hydrogen) atoms. The Morgan fingerprint density at radius 2 is 1.81 bits per heavy atom. The highest BCUT2D eigenvalue weighted by atomic mass is 16.5. The molecule has 2 aromatic carbocycles. The lowest BCUT2D eigenvalue weighted by Crippen LogP contribution is -2.34. The summed E-state index contributed by atoms with van der Waals surface area (Å²) in [4.78, 5) is 14.7. The topological polar surface area (TPSA) is 77.9 Å². The van der Waals surface area contributed by atoms with Gasteiger partial charge in [-0.2, -0.15) is 5.10 Å². The summed E-state index contributed by atoms with van der Waals surface area (Å²) in [5.41, 5.74) is 3.47. The standard InChI is InChI=1S/C23H26N4O4/c1-29-19-7-4-6-17(13-19)24-23(28)26-10-5-11-27-18(15-26)14-20(25-27)16-8-9-21(30-2)22(12-16)31-3/h4,6-9,12-14H,5,10-11,15H2,1-3H3,(H,24,28). The molecule has 0 saturated heterocycles. The van der Waals surface area contributed by atoms with E-state index in [0.29, 0.717) is 36.0 Å². The number of carbonyl (C=O) groups is 1. The summed E-state index contributed by atoms with van der Waals surface area (Å²) in [6.45, 7) is 1.90. The Balaban J connectivity index is 1.52. The van der Waals surface area contributed by atoms with Crippen molar-refractivity contribution < 1.29 is 19.0 Å². The molecule has 0 radical (unpaired) electrons. The summed E-state index contributed by atoms with van der Waals surface area (Å²) >= 11 is 0. The van der Waals surface area contributed by atoms with Crippen molar-refractivity contribution in [3.8, 4) is 28.5 Å². The van der Waals surface area contributed by atoms with E-state index in [4.69, 9.17) is 19.3 Å². The van der Waals surface area contributed by atoms with Crippen LogP contribution in [0.5, 0.6) is 17.2 Å². The van der Waals surface area contributed by atoms with Gasteiger partial charge in [0.2, 0.25) is 0 Å². The lowest BCUT2D eigenvalue weighted by atomic mass is 10.1. The van der Waals surface area contributed by atoms with Gasteiger partial charge in [0.15, 0.2) is 11.5 Å². The van der Waals surface area contributed by atoms with Gasteiger partial charge in [-0.25, -0.2) is 4.79 Å². The van der Waals surface area contributed by atoms with Crippen LogP contribution in [0.4, 0.5) is 10.5 Å². The summed E-state index contributed by atoms with van der Waals surface area (Å²) in [5, 5.41) is 7.72. The van der Waals surface area contributed by atoms with Crippen LogP contribution in [0, 0.1) is 0 Å². The molecule has 1 aromatic heterocycles. The molecule has 2 heterocycles. The zero-order chi connectivity index (χ0) is 21.8. The number of ether oxygens (including phenoxy) is 3. The van der Waals surface area contributed by atoms with Crippen LogP contribution in [0.1, 0.15) is 12.1 Å². The Hall–Kier alpha value is -3.68. The highest BCUT2D eigenvalue weighted by molar-refractivity contribution is 5.89. The molecule has 1 N–H and O–H groups in total. The van der Waals surface area contributed by atoms with Crippen molar-refractivity contribution in [3.05, 3.63) is 54.2 Å². The van der Waals surface area contributed by atoms with E-state index in [2.05, 4.69) is 5.32 Å². The first-order valence-electron chi connectivity index (χ1n) is 10.1. The summed E-state index contributed by atoms with van der Waals surface area (Å²) in [5.74, 6) is 2.03. The zero-order valence-corrected chi connectivity index (χ0v) is 17.9. The third kappa shape index (κ3) is 4.42. The minimum absolute atomic E-state index is 0.143. The van der Waals surface area contributed by atoms with E-state index in [-0.39, 0.29) is 6.03 Å². The maximum absolute atomic E-state index is 12.9.